The Morgan fingerprint density at radius 1 is 1.08 bits per heavy atom. The van der Waals surface area contributed by atoms with E-state index in [2.05, 4.69) is 20.7 Å². The summed E-state index contributed by atoms with van der Waals surface area (Å²) >= 11 is 0. The molecular weight excluding hydrogens is 318 g/mol. The maximum absolute atomic E-state index is 12.3. The van der Waals surface area contributed by atoms with Crippen LogP contribution in [0.15, 0.2) is 60.7 Å². The third-order valence-electron chi connectivity index (χ3n) is 4.00. The molecule has 1 aliphatic heterocycles. The maximum atomic E-state index is 12.3. The van der Waals surface area contributed by atoms with Gasteiger partial charge < -0.3 is 0 Å². The molecule has 0 radical (unpaired) electrons. The van der Waals surface area contributed by atoms with Gasteiger partial charge in [-0.05, 0) is 17.7 Å². The minimum absolute atomic E-state index is 0.130. The van der Waals surface area contributed by atoms with Gasteiger partial charge >= 0.3 is 0 Å². The average Bonchev–Trinajstić information content (AvgIpc) is 3.04. The molecule has 2 amide bonds. The van der Waals surface area contributed by atoms with Gasteiger partial charge in [0.05, 0.1) is 12.5 Å². The fourth-order valence-corrected chi connectivity index (χ4v) is 2.81. The van der Waals surface area contributed by atoms with Crippen molar-refractivity contribution in [2.24, 2.45) is 0 Å². The number of nitrogens with one attached hydrogen (secondary N) is 2. The highest BCUT2D eigenvalue weighted by atomic mass is 16.2. The Hall–Kier alpha value is -3.48. The van der Waals surface area contributed by atoms with Gasteiger partial charge in [-0.25, -0.2) is 4.68 Å². The summed E-state index contributed by atoms with van der Waals surface area (Å²) < 4.78 is 1.64. The van der Waals surface area contributed by atoms with Crippen molar-refractivity contribution in [2.45, 2.75) is 12.5 Å². The second kappa shape index (κ2) is 6.20. The zero-order valence-electron chi connectivity index (χ0n) is 13.2. The molecule has 1 atom stereocenters. The molecule has 0 saturated carbocycles. The average molecular weight is 333 g/mol. The van der Waals surface area contributed by atoms with Crippen molar-refractivity contribution in [3.8, 4) is 0 Å². The molecule has 0 bridgehead atoms. The molecule has 0 fully saturated rings. The van der Waals surface area contributed by atoms with E-state index in [1.54, 1.807) is 28.9 Å². The van der Waals surface area contributed by atoms with Crippen LogP contribution in [-0.4, -0.2) is 26.6 Å². The third kappa shape index (κ3) is 2.99. The second-order valence-corrected chi connectivity index (χ2v) is 5.70. The molecular formula is C18H15N5O2. The first-order valence-corrected chi connectivity index (χ1v) is 7.88. The van der Waals surface area contributed by atoms with Crippen molar-refractivity contribution < 1.29 is 9.59 Å². The maximum Gasteiger partial charge on any atom is 0.258 e. The van der Waals surface area contributed by atoms with Crippen molar-refractivity contribution in [2.75, 3.05) is 10.6 Å². The molecule has 2 aromatic carbocycles. The topological polar surface area (TPSA) is 88.9 Å². The smallest absolute Gasteiger partial charge is 0.258 e. The van der Waals surface area contributed by atoms with E-state index in [0.29, 0.717) is 11.5 Å². The summed E-state index contributed by atoms with van der Waals surface area (Å²) in [5, 5.41) is 9.73. The lowest BCUT2D eigenvalue weighted by Crippen LogP contribution is -2.29. The van der Waals surface area contributed by atoms with Crippen LogP contribution in [0.5, 0.6) is 0 Å². The normalized spacial score (nSPS) is 16.0. The molecule has 1 aromatic heterocycles. The molecule has 0 aliphatic carbocycles. The highest BCUT2D eigenvalue weighted by molar-refractivity contribution is 6.03. The second-order valence-electron chi connectivity index (χ2n) is 5.70. The van der Waals surface area contributed by atoms with Crippen molar-refractivity contribution in [1.29, 1.82) is 0 Å². The van der Waals surface area contributed by atoms with Gasteiger partial charge in [-0.3, -0.25) is 20.2 Å². The lowest BCUT2D eigenvalue weighted by molar-refractivity contribution is -0.117. The molecule has 2 heterocycles. The Morgan fingerprint density at radius 3 is 2.48 bits per heavy atom. The van der Waals surface area contributed by atoms with Gasteiger partial charge in [0, 0.05) is 5.56 Å². The molecule has 1 aliphatic rings. The zero-order chi connectivity index (χ0) is 17.2. The Morgan fingerprint density at radius 2 is 1.76 bits per heavy atom. The lowest BCUT2D eigenvalue weighted by Gasteiger charge is -2.23. The van der Waals surface area contributed by atoms with Crippen molar-refractivity contribution in [3.05, 3.63) is 71.8 Å². The Bertz CT molecular complexity index is 921. The molecule has 0 unspecified atom stereocenters. The summed E-state index contributed by atoms with van der Waals surface area (Å²) in [5.41, 5.74) is 1.48. The standard InChI is InChI=1S/C18H15N5O2/c24-15-11-14(12-7-3-1-4-8-12)23-18(19-15)21-17(22-23)20-16(25)13-9-5-2-6-10-13/h1-10,14H,11H2,(H2,19,20,21,22,24,25)/t14-/m1/s1. The predicted molar refractivity (Wildman–Crippen MR) is 92.2 cm³/mol. The first-order chi connectivity index (χ1) is 12.2. The van der Waals surface area contributed by atoms with E-state index >= 15 is 0 Å². The fourth-order valence-electron chi connectivity index (χ4n) is 2.81. The molecule has 7 heteroatoms. The van der Waals surface area contributed by atoms with Gasteiger partial charge in [0.1, 0.15) is 0 Å². The van der Waals surface area contributed by atoms with Gasteiger partial charge in [-0.2, -0.15) is 4.98 Å². The van der Waals surface area contributed by atoms with Crippen molar-refractivity contribution in [1.82, 2.24) is 14.8 Å². The van der Waals surface area contributed by atoms with Crippen LogP contribution in [0.3, 0.4) is 0 Å². The third-order valence-corrected chi connectivity index (χ3v) is 4.00. The molecule has 124 valence electrons. The van der Waals surface area contributed by atoms with Gasteiger partial charge in [0.25, 0.3) is 11.9 Å². The summed E-state index contributed by atoms with van der Waals surface area (Å²) in [6.45, 7) is 0. The van der Waals surface area contributed by atoms with Crippen LogP contribution >= 0.6 is 0 Å². The van der Waals surface area contributed by atoms with Crippen molar-refractivity contribution >= 4 is 23.7 Å². The Labute approximate surface area is 143 Å². The van der Waals surface area contributed by atoms with Crippen LogP contribution in [-0.2, 0) is 4.79 Å². The van der Waals surface area contributed by atoms with Crippen LogP contribution < -0.4 is 10.6 Å². The summed E-state index contributed by atoms with van der Waals surface area (Å²) in [6.07, 6.45) is 0.270. The van der Waals surface area contributed by atoms with Crippen LogP contribution in [0.2, 0.25) is 0 Å². The van der Waals surface area contributed by atoms with E-state index in [1.165, 1.54) is 0 Å². The number of benzene rings is 2. The minimum atomic E-state index is -0.300. The number of amides is 2. The Balaban J connectivity index is 1.63. The number of carbonyl (C=O) groups excluding carboxylic acids is 2. The first-order valence-electron chi connectivity index (χ1n) is 7.88. The van der Waals surface area contributed by atoms with E-state index in [4.69, 9.17) is 0 Å². The van der Waals surface area contributed by atoms with Gasteiger partial charge in [0.15, 0.2) is 0 Å². The number of hydrogen-bond donors (Lipinski definition) is 2. The van der Waals surface area contributed by atoms with Crippen LogP contribution in [0.4, 0.5) is 11.9 Å². The molecule has 4 rings (SSSR count). The monoisotopic (exact) mass is 333 g/mol. The summed E-state index contributed by atoms with van der Waals surface area (Å²) in [6, 6.07) is 18.2. The summed E-state index contributed by atoms with van der Waals surface area (Å²) in [4.78, 5) is 28.5. The quantitative estimate of drug-likeness (QED) is 0.770. The van der Waals surface area contributed by atoms with E-state index < -0.39 is 0 Å². The van der Waals surface area contributed by atoms with E-state index in [9.17, 15) is 9.59 Å². The molecule has 25 heavy (non-hydrogen) atoms. The SMILES string of the molecule is O=C1C[C@H](c2ccccc2)n2nc(NC(=O)c3ccccc3)nc2N1. The summed E-state index contributed by atoms with van der Waals surface area (Å²) in [5.74, 6) is 0.0567. The van der Waals surface area contributed by atoms with E-state index in [0.717, 1.165) is 5.56 Å². The van der Waals surface area contributed by atoms with Gasteiger partial charge in [-0.15, -0.1) is 5.10 Å². The van der Waals surface area contributed by atoms with Gasteiger partial charge in [-0.1, -0.05) is 48.5 Å². The van der Waals surface area contributed by atoms with Crippen molar-refractivity contribution in [3.63, 3.8) is 0 Å². The number of carbonyl (C=O) groups is 2. The van der Waals surface area contributed by atoms with Crippen LogP contribution in [0.25, 0.3) is 0 Å². The Kier molecular flexibility index (Phi) is 3.74. The number of rotatable bonds is 3. The highest BCUT2D eigenvalue weighted by Gasteiger charge is 2.29. The predicted octanol–water partition coefficient (Wildman–Crippen LogP) is 2.46. The number of aromatic nitrogens is 3. The number of hydrogen-bond acceptors (Lipinski definition) is 4. The number of anilines is 2. The largest absolute Gasteiger partial charge is 0.295 e. The van der Waals surface area contributed by atoms with E-state index in [1.807, 2.05) is 36.4 Å². The molecule has 7 nitrogen and oxygen atoms in total. The first kappa shape index (κ1) is 15.1. The van der Waals surface area contributed by atoms with Gasteiger partial charge in [0.2, 0.25) is 11.9 Å². The van der Waals surface area contributed by atoms with Crippen LogP contribution in [0.1, 0.15) is 28.4 Å². The number of fused-ring (bicyclic) bond motifs is 1. The lowest BCUT2D eigenvalue weighted by atomic mass is 10.0. The fraction of sp³-hybridized carbons (Fsp3) is 0.111. The number of nitrogens with zero attached hydrogens (tertiary/aromatic N) is 3. The van der Waals surface area contributed by atoms with Crippen LogP contribution in [0, 0.1) is 0 Å². The molecule has 3 aromatic rings. The van der Waals surface area contributed by atoms with E-state index in [-0.39, 0.29) is 30.2 Å². The minimum Gasteiger partial charge on any atom is -0.295 e. The summed E-state index contributed by atoms with van der Waals surface area (Å²) in [7, 11) is 0. The molecule has 0 saturated heterocycles. The molecule has 0 spiro atoms. The zero-order valence-corrected chi connectivity index (χ0v) is 13.2. The highest BCUT2D eigenvalue weighted by Crippen LogP contribution is 2.29. The molecule has 2 N–H and O–H groups in total.